The molecule has 78 valence electrons. The molecule has 0 aliphatic carbocycles. The van der Waals surface area contributed by atoms with Crippen LogP contribution in [0.4, 0.5) is 10.5 Å². The van der Waals surface area contributed by atoms with Gasteiger partial charge in [-0.25, -0.2) is 4.79 Å². The van der Waals surface area contributed by atoms with E-state index in [0.717, 1.165) is 17.4 Å². The molecule has 0 aromatic carbocycles. The molecule has 2 aromatic heterocycles. The Morgan fingerprint density at radius 2 is 2.33 bits per heavy atom. The number of nitrogens with one attached hydrogen (secondary N) is 1. The number of hydrogen-bond donors (Lipinski definition) is 2. The Balaban J connectivity index is 2.56. The Hall–Kier alpha value is -2.11. The fourth-order valence-corrected chi connectivity index (χ4v) is 1.46. The minimum atomic E-state index is -1.10. The number of amides is 1. The highest BCUT2D eigenvalue weighted by Crippen LogP contribution is 2.21. The highest BCUT2D eigenvalue weighted by molar-refractivity contribution is 5.97. The van der Waals surface area contributed by atoms with E-state index in [-0.39, 0.29) is 0 Å². The maximum absolute atomic E-state index is 10.5. The topological polar surface area (TPSA) is 80.0 Å². The first-order valence-electron chi connectivity index (χ1n) is 4.52. The van der Waals surface area contributed by atoms with Crippen LogP contribution in [-0.4, -0.2) is 26.0 Å². The van der Waals surface area contributed by atoms with Crippen LogP contribution in [0.1, 0.15) is 6.92 Å². The van der Waals surface area contributed by atoms with Crippen molar-refractivity contribution in [1.29, 1.82) is 0 Å². The number of fused-ring (bicyclic) bond motifs is 1. The summed E-state index contributed by atoms with van der Waals surface area (Å²) in [5, 5.41) is 15.8. The molecule has 0 spiro atoms. The lowest BCUT2D eigenvalue weighted by Crippen LogP contribution is -2.07. The van der Waals surface area contributed by atoms with E-state index < -0.39 is 6.09 Å². The van der Waals surface area contributed by atoms with Crippen LogP contribution in [0.25, 0.3) is 10.9 Å². The molecule has 0 saturated carbocycles. The monoisotopic (exact) mass is 206 g/mol. The molecule has 6 heteroatoms. The number of rotatable bonds is 2. The van der Waals surface area contributed by atoms with Gasteiger partial charge in [0.1, 0.15) is 0 Å². The van der Waals surface area contributed by atoms with Crippen LogP contribution < -0.4 is 5.32 Å². The number of nitrogens with zero attached hydrogens (tertiary/aromatic N) is 3. The molecule has 6 nitrogen and oxygen atoms in total. The van der Waals surface area contributed by atoms with Crippen molar-refractivity contribution in [2.24, 2.45) is 0 Å². The Kier molecular flexibility index (Phi) is 2.24. The second-order valence-electron chi connectivity index (χ2n) is 3.01. The molecule has 0 radical (unpaired) electrons. The summed E-state index contributed by atoms with van der Waals surface area (Å²) < 4.78 is 1.76. The predicted octanol–water partition coefficient (Wildman–Crippen LogP) is 1.54. The largest absolute Gasteiger partial charge is 0.465 e. The number of anilines is 1. The molecule has 2 rings (SSSR count). The lowest BCUT2D eigenvalue weighted by molar-refractivity contribution is 0.210. The fraction of sp³-hybridized carbons (Fsp3) is 0.222. The van der Waals surface area contributed by atoms with Gasteiger partial charge in [0.25, 0.3) is 0 Å². The maximum Gasteiger partial charge on any atom is 0.409 e. The Morgan fingerprint density at radius 3 is 3.00 bits per heavy atom. The Morgan fingerprint density at radius 1 is 1.53 bits per heavy atom. The molecule has 0 fully saturated rings. The zero-order valence-corrected chi connectivity index (χ0v) is 8.14. The third kappa shape index (κ3) is 1.61. The molecular formula is C9H10N4O2. The molecule has 0 unspecified atom stereocenters. The van der Waals surface area contributed by atoms with E-state index in [9.17, 15) is 4.79 Å². The first kappa shape index (κ1) is 9.45. The predicted molar refractivity (Wildman–Crippen MR) is 54.8 cm³/mol. The van der Waals surface area contributed by atoms with Crippen molar-refractivity contribution in [2.75, 3.05) is 5.32 Å². The maximum atomic E-state index is 10.5. The Bertz CT molecular complexity index is 506. The Labute approximate surface area is 85.5 Å². The van der Waals surface area contributed by atoms with Crippen molar-refractivity contribution in [3.63, 3.8) is 0 Å². The average molecular weight is 206 g/mol. The normalized spacial score (nSPS) is 10.5. The number of carbonyl (C=O) groups is 1. The van der Waals surface area contributed by atoms with Gasteiger partial charge >= 0.3 is 6.09 Å². The summed E-state index contributed by atoms with van der Waals surface area (Å²) in [6, 6.07) is 0. The second-order valence-corrected chi connectivity index (χ2v) is 3.01. The number of aromatic nitrogens is 3. The number of aryl methyl sites for hydroxylation is 1. The van der Waals surface area contributed by atoms with E-state index in [2.05, 4.69) is 15.4 Å². The van der Waals surface area contributed by atoms with Gasteiger partial charge in [-0.1, -0.05) is 0 Å². The summed E-state index contributed by atoms with van der Waals surface area (Å²) in [5.41, 5.74) is 1.28. The zero-order chi connectivity index (χ0) is 10.8. The van der Waals surface area contributed by atoms with Crippen LogP contribution in [0, 0.1) is 0 Å². The van der Waals surface area contributed by atoms with Gasteiger partial charge < -0.3 is 5.11 Å². The van der Waals surface area contributed by atoms with Gasteiger partial charge in [0.15, 0.2) is 0 Å². The zero-order valence-electron chi connectivity index (χ0n) is 8.14. The van der Waals surface area contributed by atoms with Gasteiger partial charge in [0, 0.05) is 11.9 Å². The second kappa shape index (κ2) is 3.56. The van der Waals surface area contributed by atoms with Gasteiger partial charge in [0.2, 0.25) is 0 Å². The smallest absolute Gasteiger partial charge is 0.409 e. The lowest BCUT2D eigenvalue weighted by Gasteiger charge is -2.02. The molecule has 1 amide bonds. The van der Waals surface area contributed by atoms with E-state index in [4.69, 9.17) is 5.11 Å². The first-order valence-corrected chi connectivity index (χ1v) is 4.52. The van der Waals surface area contributed by atoms with Crippen LogP contribution in [-0.2, 0) is 6.54 Å². The summed E-state index contributed by atoms with van der Waals surface area (Å²) in [6.07, 6.45) is 3.66. The van der Waals surface area contributed by atoms with Crippen LogP contribution in [0.2, 0.25) is 0 Å². The van der Waals surface area contributed by atoms with Crippen LogP contribution >= 0.6 is 0 Å². The molecule has 0 saturated heterocycles. The van der Waals surface area contributed by atoms with Gasteiger partial charge in [-0.3, -0.25) is 15.0 Å². The summed E-state index contributed by atoms with van der Waals surface area (Å²) in [6.45, 7) is 2.69. The standard InChI is InChI=1S/C9H10N4O2/c1-2-13-8-5-10-4-7(12-9(14)15)6(8)3-11-13/h3-5,12H,2H2,1H3,(H,14,15). The third-order valence-corrected chi connectivity index (χ3v) is 2.11. The van der Waals surface area contributed by atoms with Crippen molar-refractivity contribution in [1.82, 2.24) is 14.8 Å². The lowest BCUT2D eigenvalue weighted by atomic mass is 10.3. The first-order chi connectivity index (χ1) is 7.22. The minimum Gasteiger partial charge on any atom is -0.465 e. The average Bonchev–Trinajstić information content (AvgIpc) is 2.61. The van der Waals surface area contributed by atoms with Crippen molar-refractivity contribution < 1.29 is 9.90 Å². The third-order valence-electron chi connectivity index (χ3n) is 2.11. The molecule has 2 aromatic rings. The van der Waals surface area contributed by atoms with Crippen molar-refractivity contribution >= 4 is 22.7 Å². The van der Waals surface area contributed by atoms with Gasteiger partial charge in [-0.15, -0.1) is 0 Å². The molecule has 15 heavy (non-hydrogen) atoms. The molecule has 0 bridgehead atoms. The summed E-state index contributed by atoms with van der Waals surface area (Å²) in [5.74, 6) is 0. The van der Waals surface area contributed by atoms with E-state index >= 15 is 0 Å². The van der Waals surface area contributed by atoms with E-state index in [1.807, 2.05) is 6.92 Å². The summed E-state index contributed by atoms with van der Waals surface area (Å²) in [7, 11) is 0. The molecule has 2 N–H and O–H groups in total. The van der Waals surface area contributed by atoms with Crippen LogP contribution in [0.15, 0.2) is 18.6 Å². The molecule has 0 atom stereocenters. The summed E-state index contributed by atoms with van der Waals surface area (Å²) >= 11 is 0. The highest BCUT2D eigenvalue weighted by atomic mass is 16.4. The SMILES string of the molecule is CCn1ncc2c(NC(=O)O)cncc21. The quantitative estimate of drug-likeness (QED) is 0.781. The van der Waals surface area contributed by atoms with Gasteiger partial charge in [0.05, 0.1) is 29.8 Å². The van der Waals surface area contributed by atoms with Crippen molar-refractivity contribution in [3.8, 4) is 0 Å². The van der Waals surface area contributed by atoms with Crippen molar-refractivity contribution in [2.45, 2.75) is 13.5 Å². The van der Waals surface area contributed by atoms with E-state index in [0.29, 0.717) is 5.69 Å². The number of carboxylic acid groups (broad SMARTS) is 1. The van der Waals surface area contributed by atoms with Crippen LogP contribution in [0.5, 0.6) is 0 Å². The van der Waals surface area contributed by atoms with Crippen molar-refractivity contribution in [3.05, 3.63) is 18.6 Å². The molecular weight excluding hydrogens is 196 g/mol. The highest BCUT2D eigenvalue weighted by Gasteiger charge is 2.08. The van der Waals surface area contributed by atoms with E-state index in [1.54, 1.807) is 17.1 Å². The number of hydrogen-bond acceptors (Lipinski definition) is 3. The number of pyridine rings is 1. The molecule has 2 heterocycles. The summed E-state index contributed by atoms with van der Waals surface area (Å²) in [4.78, 5) is 14.5. The fourth-order valence-electron chi connectivity index (χ4n) is 1.46. The van der Waals surface area contributed by atoms with Crippen LogP contribution in [0.3, 0.4) is 0 Å². The molecule has 0 aliphatic rings. The van der Waals surface area contributed by atoms with Gasteiger partial charge in [-0.2, -0.15) is 5.10 Å². The minimum absolute atomic E-state index is 0.458. The molecule has 0 aliphatic heterocycles. The van der Waals surface area contributed by atoms with Gasteiger partial charge in [-0.05, 0) is 6.92 Å². The van der Waals surface area contributed by atoms with E-state index in [1.165, 1.54) is 6.20 Å².